The summed E-state index contributed by atoms with van der Waals surface area (Å²) in [7, 11) is 5.50. The van der Waals surface area contributed by atoms with E-state index in [4.69, 9.17) is 9.52 Å². The summed E-state index contributed by atoms with van der Waals surface area (Å²) in [5.41, 5.74) is 2.05. The highest BCUT2D eigenvalue weighted by atomic mass is 16.4. The maximum absolute atomic E-state index is 11.1. The molecule has 2 N–H and O–H groups in total. The molecule has 0 amide bonds. The first-order valence-corrected chi connectivity index (χ1v) is 5.72. The fourth-order valence-corrected chi connectivity index (χ4v) is 1.69. The van der Waals surface area contributed by atoms with Crippen LogP contribution in [0.3, 0.4) is 0 Å². The van der Waals surface area contributed by atoms with Crippen LogP contribution >= 0.6 is 0 Å². The molecule has 1 aromatic heterocycles. The molecule has 0 saturated carbocycles. The smallest absolute Gasteiger partial charge is 0.374 e. The highest BCUT2D eigenvalue weighted by Crippen LogP contribution is 2.27. The summed E-state index contributed by atoms with van der Waals surface area (Å²) in [6.45, 7) is 0. The van der Waals surface area contributed by atoms with E-state index in [0.717, 1.165) is 5.69 Å². The minimum Gasteiger partial charge on any atom is -0.475 e. The molecule has 0 saturated heterocycles. The quantitative estimate of drug-likeness (QED) is 0.878. The van der Waals surface area contributed by atoms with Crippen LogP contribution in [0.4, 0.5) is 11.7 Å². The topological polar surface area (TPSA) is 78.6 Å². The van der Waals surface area contributed by atoms with Gasteiger partial charge in [-0.3, -0.25) is 0 Å². The number of nitrogens with one attached hydrogen (secondary N) is 1. The van der Waals surface area contributed by atoms with Gasteiger partial charge in [0.1, 0.15) is 5.69 Å². The van der Waals surface area contributed by atoms with Gasteiger partial charge in [-0.25, -0.2) is 4.79 Å². The molecular weight excluding hydrogens is 246 g/mol. The van der Waals surface area contributed by atoms with E-state index in [1.807, 2.05) is 43.3 Å². The van der Waals surface area contributed by atoms with Gasteiger partial charge in [0.25, 0.3) is 6.01 Å². The molecule has 2 aromatic rings. The van der Waals surface area contributed by atoms with Crippen LogP contribution in [-0.2, 0) is 0 Å². The lowest BCUT2D eigenvalue weighted by atomic mass is 10.1. The Hall–Kier alpha value is -2.50. The van der Waals surface area contributed by atoms with E-state index in [-0.39, 0.29) is 11.8 Å². The number of aromatic carboxylic acids is 1. The Morgan fingerprint density at radius 1 is 1.32 bits per heavy atom. The van der Waals surface area contributed by atoms with Crippen LogP contribution in [0.15, 0.2) is 28.7 Å². The third-order valence-electron chi connectivity index (χ3n) is 2.69. The maximum atomic E-state index is 11.1. The van der Waals surface area contributed by atoms with Crippen molar-refractivity contribution in [1.82, 2.24) is 4.98 Å². The van der Waals surface area contributed by atoms with Crippen molar-refractivity contribution >= 4 is 17.7 Å². The predicted octanol–water partition coefficient (Wildman–Crippen LogP) is 2.15. The van der Waals surface area contributed by atoms with Gasteiger partial charge in [-0.1, -0.05) is 12.1 Å². The molecule has 0 unspecified atom stereocenters. The van der Waals surface area contributed by atoms with Crippen molar-refractivity contribution in [2.24, 2.45) is 0 Å². The molecule has 0 fully saturated rings. The SMILES string of the molecule is CNc1nc(-c2ccc(N(C)C)cc2)c(C(=O)O)o1. The van der Waals surface area contributed by atoms with Gasteiger partial charge in [-0.2, -0.15) is 4.98 Å². The average molecular weight is 261 g/mol. The number of anilines is 2. The van der Waals surface area contributed by atoms with Crippen molar-refractivity contribution in [2.75, 3.05) is 31.4 Å². The number of carboxylic acid groups (broad SMARTS) is 1. The minimum absolute atomic E-state index is 0.165. The van der Waals surface area contributed by atoms with Gasteiger partial charge in [-0.15, -0.1) is 0 Å². The van der Waals surface area contributed by atoms with Crippen LogP contribution in [0.2, 0.25) is 0 Å². The minimum atomic E-state index is -1.14. The monoisotopic (exact) mass is 261 g/mol. The second-order valence-electron chi connectivity index (χ2n) is 4.19. The molecule has 0 atom stereocenters. The molecule has 0 aliphatic rings. The van der Waals surface area contributed by atoms with Gasteiger partial charge in [0, 0.05) is 32.4 Å². The van der Waals surface area contributed by atoms with Gasteiger partial charge in [0.15, 0.2) is 0 Å². The van der Waals surface area contributed by atoms with E-state index in [0.29, 0.717) is 11.3 Å². The van der Waals surface area contributed by atoms with E-state index in [1.165, 1.54) is 0 Å². The molecule has 0 aliphatic carbocycles. The third kappa shape index (κ3) is 2.52. The van der Waals surface area contributed by atoms with E-state index < -0.39 is 5.97 Å². The normalized spacial score (nSPS) is 10.3. The van der Waals surface area contributed by atoms with Crippen molar-refractivity contribution < 1.29 is 14.3 Å². The predicted molar refractivity (Wildman–Crippen MR) is 72.8 cm³/mol. The molecule has 6 heteroatoms. The van der Waals surface area contributed by atoms with Gasteiger partial charge >= 0.3 is 5.97 Å². The molecule has 19 heavy (non-hydrogen) atoms. The van der Waals surface area contributed by atoms with E-state index in [1.54, 1.807) is 7.05 Å². The number of oxazole rings is 1. The second-order valence-corrected chi connectivity index (χ2v) is 4.19. The molecule has 6 nitrogen and oxygen atoms in total. The number of hydrogen-bond donors (Lipinski definition) is 2. The van der Waals surface area contributed by atoms with Crippen LogP contribution in [-0.4, -0.2) is 37.2 Å². The number of aromatic nitrogens is 1. The van der Waals surface area contributed by atoms with Gasteiger partial charge in [0.2, 0.25) is 5.76 Å². The van der Waals surface area contributed by atoms with Crippen molar-refractivity contribution in [2.45, 2.75) is 0 Å². The first-order valence-electron chi connectivity index (χ1n) is 5.72. The molecule has 0 aliphatic heterocycles. The average Bonchev–Trinajstić information content (AvgIpc) is 2.83. The van der Waals surface area contributed by atoms with Crippen LogP contribution in [0, 0.1) is 0 Å². The Morgan fingerprint density at radius 3 is 2.42 bits per heavy atom. The van der Waals surface area contributed by atoms with Crippen molar-refractivity contribution in [1.29, 1.82) is 0 Å². The van der Waals surface area contributed by atoms with Gasteiger partial charge < -0.3 is 19.7 Å². The Balaban J connectivity index is 2.45. The first kappa shape index (κ1) is 12.9. The molecule has 100 valence electrons. The molecular formula is C13H15N3O3. The molecule has 0 bridgehead atoms. The zero-order valence-corrected chi connectivity index (χ0v) is 11.0. The Labute approximate surface area is 110 Å². The van der Waals surface area contributed by atoms with Crippen molar-refractivity contribution in [3.05, 3.63) is 30.0 Å². The molecule has 0 spiro atoms. The molecule has 0 radical (unpaired) electrons. The molecule has 2 rings (SSSR count). The number of benzene rings is 1. The van der Waals surface area contributed by atoms with E-state index in [2.05, 4.69) is 10.3 Å². The zero-order chi connectivity index (χ0) is 14.0. The van der Waals surface area contributed by atoms with Crippen LogP contribution in [0.25, 0.3) is 11.3 Å². The second kappa shape index (κ2) is 5.01. The number of carboxylic acids is 1. The summed E-state index contributed by atoms with van der Waals surface area (Å²) in [4.78, 5) is 17.2. The molecule has 1 heterocycles. The summed E-state index contributed by atoms with van der Waals surface area (Å²) in [5, 5.41) is 11.8. The van der Waals surface area contributed by atoms with E-state index >= 15 is 0 Å². The fraction of sp³-hybridized carbons (Fsp3) is 0.231. The summed E-state index contributed by atoms with van der Waals surface area (Å²) in [5.74, 6) is -1.30. The number of rotatable bonds is 4. The highest BCUT2D eigenvalue weighted by molar-refractivity contribution is 5.92. The van der Waals surface area contributed by atoms with Crippen LogP contribution in [0.1, 0.15) is 10.6 Å². The Morgan fingerprint density at radius 2 is 1.95 bits per heavy atom. The lowest BCUT2D eigenvalue weighted by Gasteiger charge is -2.12. The standard InChI is InChI=1S/C13H15N3O3/c1-14-13-15-10(11(19-13)12(17)18)8-4-6-9(7-5-8)16(2)3/h4-7H,1-3H3,(H,14,15)(H,17,18). The Bertz CT molecular complexity index is 588. The summed E-state index contributed by atoms with van der Waals surface area (Å²) >= 11 is 0. The number of carbonyl (C=O) groups is 1. The van der Waals surface area contributed by atoms with Crippen molar-refractivity contribution in [3.63, 3.8) is 0 Å². The summed E-state index contributed by atoms with van der Waals surface area (Å²) < 4.78 is 5.13. The molecule has 1 aromatic carbocycles. The van der Waals surface area contributed by atoms with Crippen LogP contribution in [0.5, 0.6) is 0 Å². The largest absolute Gasteiger partial charge is 0.475 e. The van der Waals surface area contributed by atoms with Gasteiger partial charge in [-0.05, 0) is 12.1 Å². The zero-order valence-electron chi connectivity index (χ0n) is 11.0. The number of hydrogen-bond acceptors (Lipinski definition) is 5. The van der Waals surface area contributed by atoms with Crippen LogP contribution < -0.4 is 10.2 Å². The lowest BCUT2D eigenvalue weighted by molar-refractivity contribution is 0.0665. The fourth-order valence-electron chi connectivity index (χ4n) is 1.69. The highest BCUT2D eigenvalue weighted by Gasteiger charge is 2.20. The summed E-state index contributed by atoms with van der Waals surface area (Å²) in [6, 6.07) is 7.62. The first-order chi connectivity index (χ1) is 9.02. The maximum Gasteiger partial charge on any atom is 0.374 e. The number of nitrogens with zero attached hydrogens (tertiary/aromatic N) is 2. The van der Waals surface area contributed by atoms with Gasteiger partial charge in [0.05, 0.1) is 0 Å². The summed E-state index contributed by atoms with van der Waals surface area (Å²) in [6.07, 6.45) is 0. The van der Waals surface area contributed by atoms with E-state index in [9.17, 15) is 4.79 Å². The third-order valence-corrected chi connectivity index (χ3v) is 2.69. The Kier molecular flexibility index (Phi) is 3.41. The van der Waals surface area contributed by atoms with Crippen molar-refractivity contribution in [3.8, 4) is 11.3 Å². The lowest BCUT2D eigenvalue weighted by Crippen LogP contribution is -2.08.